The van der Waals surface area contributed by atoms with Crippen LogP contribution >= 0.6 is 0 Å². The summed E-state index contributed by atoms with van der Waals surface area (Å²) in [7, 11) is 2.17. The number of anilines is 1. The van der Waals surface area contributed by atoms with Gasteiger partial charge in [-0.25, -0.2) is 4.98 Å². The number of pyridine rings is 1. The predicted octanol–water partition coefficient (Wildman–Crippen LogP) is 4.07. The molecule has 1 heterocycles. The van der Waals surface area contributed by atoms with E-state index >= 15 is 0 Å². The van der Waals surface area contributed by atoms with Crippen LogP contribution in [0.25, 0.3) is 0 Å². The van der Waals surface area contributed by atoms with Gasteiger partial charge in [-0.05, 0) is 44.7 Å². The second-order valence-corrected chi connectivity index (χ2v) is 7.01. The molecule has 0 radical (unpaired) electrons. The molecule has 0 aliphatic carbocycles. The number of nitrogens with one attached hydrogen (secondary N) is 1. The molecule has 0 saturated heterocycles. The minimum atomic E-state index is 0.483. The monoisotopic (exact) mass is 291 g/mol. The Morgan fingerprint density at radius 2 is 1.76 bits per heavy atom. The molecule has 1 aromatic rings. The largest absolute Gasteiger partial charge is 0.357 e. The minimum Gasteiger partial charge on any atom is -0.357 e. The van der Waals surface area contributed by atoms with Crippen molar-refractivity contribution in [1.29, 1.82) is 0 Å². The zero-order valence-electron chi connectivity index (χ0n) is 15.1. The van der Waals surface area contributed by atoms with Crippen LogP contribution < -0.4 is 10.2 Å². The van der Waals surface area contributed by atoms with Crippen LogP contribution in [0.4, 0.5) is 5.82 Å². The Balaban J connectivity index is 3.07. The maximum absolute atomic E-state index is 4.83. The fraction of sp³-hybridized carbons (Fsp3) is 0.722. The van der Waals surface area contributed by atoms with E-state index in [2.05, 4.69) is 71.8 Å². The van der Waals surface area contributed by atoms with Crippen molar-refractivity contribution in [1.82, 2.24) is 10.3 Å². The molecule has 0 saturated carbocycles. The van der Waals surface area contributed by atoms with E-state index in [1.165, 1.54) is 17.5 Å². The van der Waals surface area contributed by atoms with Gasteiger partial charge < -0.3 is 10.2 Å². The van der Waals surface area contributed by atoms with Crippen molar-refractivity contribution in [2.45, 2.75) is 73.5 Å². The Hall–Kier alpha value is -1.09. The standard InChI is InChI=1S/C18H33N3/c1-12(2)9-16(7)21(8)18-17(11-19-13(3)4)14(5)10-15(6)20-18/h10,12-13,16,19H,9,11H2,1-8H3. The summed E-state index contributed by atoms with van der Waals surface area (Å²) in [6.45, 7) is 16.4. The molecule has 1 unspecified atom stereocenters. The molecular formula is C18H33N3. The lowest BCUT2D eigenvalue weighted by atomic mass is 10.0. The summed E-state index contributed by atoms with van der Waals surface area (Å²) >= 11 is 0. The molecule has 21 heavy (non-hydrogen) atoms. The van der Waals surface area contributed by atoms with Crippen LogP contribution in [-0.4, -0.2) is 24.1 Å². The first-order chi connectivity index (χ1) is 9.72. The van der Waals surface area contributed by atoms with E-state index in [1.54, 1.807) is 0 Å². The van der Waals surface area contributed by atoms with Gasteiger partial charge in [0.15, 0.2) is 0 Å². The van der Waals surface area contributed by atoms with Crippen molar-refractivity contribution < 1.29 is 0 Å². The molecule has 0 aliphatic rings. The summed E-state index contributed by atoms with van der Waals surface area (Å²) in [6, 6.07) is 3.16. The summed E-state index contributed by atoms with van der Waals surface area (Å²) in [4.78, 5) is 7.17. The van der Waals surface area contributed by atoms with Gasteiger partial charge in [-0.15, -0.1) is 0 Å². The van der Waals surface area contributed by atoms with Gasteiger partial charge in [-0.2, -0.15) is 0 Å². The molecule has 1 N–H and O–H groups in total. The second kappa shape index (κ2) is 7.79. The summed E-state index contributed by atoms with van der Waals surface area (Å²) in [5.41, 5.74) is 3.75. The number of nitrogens with zero attached hydrogens (tertiary/aromatic N) is 2. The van der Waals surface area contributed by atoms with Crippen molar-refractivity contribution in [2.24, 2.45) is 5.92 Å². The van der Waals surface area contributed by atoms with Gasteiger partial charge >= 0.3 is 0 Å². The molecule has 1 aromatic heterocycles. The van der Waals surface area contributed by atoms with E-state index in [1.807, 2.05) is 0 Å². The second-order valence-electron chi connectivity index (χ2n) is 7.01. The van der Waals surface area contributed by atoms with Crippen molar-refractivity contribution in [3.63, 3.8) is 0 Å². The van der Waals surface area contributed by atoms with Crippen LogP contribution in [0, 0.1) is 19.8 Å². The average Bonchev–Trinajstić information content (AvgIpc) is 2.34. The molecule has 0 aliphatic heterocycles. The minimum absolute atomic E-state index is 0.483. The third-order valence-electron chi connectivity index (χ3n) is 3.95. The van der Waals surface area contributed by atoms with E-state index in [-0.39, 0.29) is 0 Å². The van der Waals surface area contributed by atoms with Gasteiger partial charge in [0.1, 0.15) is 5.82 Å². The van der Waals surface area contributed by atoms with Crippen LogP contribution in [0.3, 0.4) is 0 Å². The van der Waals surface area contributed by atoms with Gasteiger partial charge in [0, 0.05) is 36.9 Å². The number of rotatable bonds is 7. The van der Waals surface area contributed by atoms with Gasteiger partial charge in [0.25, 0.3) is 0 Å². The highest BCUT2D eigenvalue weighted by molar-refractivity contribution is 5.51. The third-order valence-corrected chi connectivity index (χ3v) is 3.95. The molecule has 3 nitrogen and oxygen atoms in total. The SMILES string of the molecule is Cc1cc(C)c(CNC(C)C)c(N(C)C(C)CC(C)C)n1. The molecule has 0 bridgehead atoms. The highest BCUT2D eigenvalue weighted by atomic mass is 15.2. The Morgan fingerprint density at radius 3 is 2.29 bits per heavy atom. The van der Waals surface area contributed by atoms with Crippen molar-refractivity contribution in [3.8, 4) is 0 Å². The predicted molar refractivity (Wildman–Crippen MR) is 93.0 cm³/mol. The van der Waals surface area contributed by atoms with Gasteiger partial charge in [0.05, 0.1) is 0 Å². The van der Waals surface area contributed by atoms with Gasteiger partial charge in [-0.3, -0.25) is 0 Å². The van der Waals surface area contributed by atoms with E-state index < -0.39 is 0 Å². The summed E-state index contributed by atoms with van der Waals surface area (Å²) in [5, 5.41) is 3.53. The first kappa shape index (κ1) is 18.0. The first-order valence-electron chi connectivity index (χ1n) is 8.15. The molecule has 3 heteroatoms. The molecular weight excluding hydrogens is 258 g/mol. The summed E-state index contributed by atoms with van der Waals surface area (Å²) in [6.07, 6.45) is 1.18. The van der Waals surface area contributed by atoms with Crippen molar-refractivity contribution in [3.05, 3.63) is 22.9 Å². The van der Waals surface area contributed by atoms with Gasteiger partial charge in [0.2, 0.25) is 0 Å². The number of aryl methyl sites for hydroxylation is 2. The maximum atomic E-state index is 4.83. The number of hydrogen-bond donors (Lipinski definition) is 1. The van der Waals surface area contributed by atoms with Crippen LogP contribution in [0.15, 0.2) is 6.07 Å². The summed E-state index contributed by atoms with van der Waals surface area (Å²) in [5.74, 6) is 1.83. The highest BCUT2D eigenvalue weighted by Crippen LogP contribution is 2.25. The Morgan fingerprint density at radius 1 is 1.14 bits per heavy atom. The smallest absolute Gasteiger partial charge is 0.133 e. The Bertz CT molecular complexity index is 452. The zero-order chi connectivity index (χ0) is 16.2. The lowest BCUT2D eigenvalue weighted by Gasteiger charge is -2.30. The zero-order valence-corrected chi connectivity index (χ0v) is 15.1. The van der Waals surface area contributed by atoms with Crippen LogP contribution in [0.1, 0.15) is 57.9 Å². The lowest BCUT2D eigenvalue weighted by Crippen LogP contribution is -2.33. The summed E-state index contributed by atoms with van der Waals surface area (Å²) < 4.78 is 0. The van der Waals surface area contributed by atoms with Crippen molar-refractivity contribution in [2.75, 3.05) is 11.9 Å². The fourth-order valence-electron chi connectivity index (χ4n) is 2.71. The molecule has 0 amide bonds. The molecule has 0 aromatic carbocycles. The third kappa shape index (κ3) is 5.31. The molecule has 0 fully saturated rings. The molecule has 120 valence electrons. The first-order valence-corrected chi connectivity index (χ1v) is 8.15. The van der Waals surface area contributed by atoms with Crippen LogP contribution in [-0.2, 0) is 6.54 Å². The molecule has 1 rings (SSSR count). The van der Waals surface area contributed by atoms with Crippen LogP contribution in [0.5, 0.6) is 0 Å². The highest BCUT2D eigenvalue weighted by Gasteiger charge is 2.18. The van der Waals surface area contributed by atoms with Crippen LogP contribution in [0.2, 0.25) is 0 Å². The lowest BCUT2D eigenvalue weighted by molar-refractivity contribution is 0.499. The van der Waals surface area contributed by atoms with E-state index in [0.29, 0.717) is 18.0 Å². The quantitative estimate of drug-likeness (QED) is 0.821. The number of hydrogen-bond acceptors (Lipinski definition) is 3. The van der Waals surface area contributed by atoms with E-state index in [9.17, 15) is 0 Å². The molecule has 0 spiro atoms. The Kier molecular flexibility index (Phi) is 6.66. The maximum Gasteiger partial charge on any atom is 0.133 e. The fourth-order valence-corrected chi connectivity index (χ4v) is 2.71. The Labute approximate surface area is 131 Å². The molecule has 1 atom stereocenters. The topological polar surface area (TPSA) is 28.2 Å². The van der Waals surface area contributed by atoms with Gasteiger partial charge in [-0.1, -0.05) is 27.7 Å². The van der Waals surface area contributed by atoms with E-state index in [0.717, 1.165) is 18.1 Å². The van der Waals surface area contributed by atoms with Crippen molar-refractivity contribution >= 4 is 5.82 Å². The average molecular weight is 291 g/mol. The van der Waals surface area contributed by atoms with E-state index in [4.69, 9.17) is 4.98 Å². The normalized spacial score (nSPS) is 13.0. The number of aromatic nitrogens is 1.